The molecular weight excluding hydrogens is 234 g/mol. The summed E-state index contributed by atoms with van der Waals surface area (Å²) in [6, 6.07) is 7.26. The van der Waals surface area contributed by atoms with E-state index in [2.05, 4.69) is 4.98 Å². The first-order valence-electron chi connectivity index (χ1n) is 5.29. The molecule has 0 aliphatic rings. The number of para-hydroxylation sites is 1. The zero-order chi connectivity index (χ0) is 13.1. The van der Waals surface area contributed by atoms with E-state index >= 15 is 0 Å². The topological polar surface area (TPSA) is 90.4 Å². The Morgan fingerprint density at radius 2 is 2.17 bits per heavy atom. The van der Waals surface area contributed by atoms with E-state index in [9.17, 15) is 4.79 Å². The summed E-state index contributed by atoms with van der Waals surface area (Å²) in [5.74, 6) is 5.59. The fraction of sp³-hybridized carbons (Fsp3) is 0.167. The standard InChI is InChI=1S/C12H13N3O3/c1-7-10(11(16)15-13)18-12(14-7)8-5-3-4-6-9(8)17-2/h3-6H,13H2,1-2H3,(H,15,16). The molecule has 0 bridgehead atoms. The van der Waals surface area contributed by atoms with Crippen LogP contribution in [0.15, 0.2) is 28.7 Å². The molecule has 6 heteroatoms. The van der Waals surface area contributed by atoms with E-state index < -0.39 is 5.91 Å². The van der Waals surface area contributed by atoms with Gasteiger partial charge in [0.25, 0.3) is 0 Å². The van der Waals surface area contributed by atoms with Gasteiger partial charge in [0.05, 0.1) is 18.4 Å². The Labute approximate surface area is 104 Å². The minimum Gasteiger partial charge on any atom is -0.496 e. The van der Waals surface area contributed by atoms with Gasteiger partial charge in [-0.2, -0.15) is 0 Å². The Hall–Kier alpha value is -2.34. The largest absolute Gasteiger partial charge is 0.496 e. The maximum atomic E-state index is 11.4. The maximum Gasteiger partial charge on any atom is 0.302 e. The SMILES string of the molecule is COc1ccccc1-c1nc(C)c(C(=O)NN)o1. The number of aryl methyl sites for hydroxylation is 1. The summed E-state index contributed by atoms with van der Waals surface area (Å²) in [7, 11) is 1.56. The number of carbonyl (C=O) groups excluding carboxylic acids is 1. The molecule has 18 heavy (non-hydrogen) atoms. The highest BCUT2D eigenvalue weighted by Crippen LogP contribution is 2.30. The smallest absolute Gasteiger partial charge is 0.302 e. The second-order valence-corrected chi connectivity index (χ2v) is 3.61. The molecule has 0 unspecified atom stereocenters. The Morgan fingerprint density at radius 3 is 2.83 bits per heavy atom. The van der Waals surface area contributed by atoms with Crippen LogP contribution >= 0.6 is 0 Å². The molecule has 1 aromatic heterocycles. The zero-order valence-corrected chi connectivity index (χ0v) is 10.1. The molecule has 0 spiro atoms. The Bertz CT molecular complexity index is 578. The van der Waals surface area contributed by atoms with E-state index in [-0.39, 0.29) is 5.76 Å². The van der Waals surface area contributed by atoms with Crippen molar-refractivity contribution in [3.63, 3.8) is 0 Å². The lowest BCUT2D eigenvalue weighted by Gasteiger charge is -2.03. The second-order valence-electron chi connectivity index (χ2n) is 3.61. The first-order chi connectivity index (χ1) is 8.67. The predicted molar refractivity (Wildman–Crippen MR) is 64.9 cm³/mol. The van der Waals surface area contributed by atoms with Crippen molar-refractivity contribution >= 4 is 5.91 Å². The molecular formula is C12H13N3O3. The van der Waals surface area contributed by atoms with Gasteiger partial charge < -0.3 is 9.15 Å². The quantitative estimate of drug-likeness (QED) is 0.484. The monoisotopic (exact) mass is 247 g/mol. The van der Waals surface area contributed by atoms with Crippen molar-refractivity contribution in [1.29, 1.82) is 0 Å². The summed E-state index contributed by atoms with van der Waals surface area (Å²) < 4.78 is 10.6. The molecule has 0 fully saturated rings. The number of hydrazine groups is 1. The molecule has 0 aliphatic heterocycles. The normalized spacial score (nSPS) is 10.2. The number of benzene rings is 1. The Kier molecular flexibility index (Phi) is 3.29. The van der Waals surface area contributed by atoms with Crippen molar-refractivity contribution in [2.24, 2.45) is 5.84 Å². The summed E-state index contributed by atoms with van der Waals surface area (Å²) in [6.07, 6.45) is 0. The minimum atomic E-state index is -0.513. The lowest BCUT2D eigenvalue weighted by Crippen LogP contribution is -2.30. The van der Waals surface area contributed by atoms with E-state index in [1.165, 1.54) is 0 Å². The predicted octanol–water partition coefficient (Wildman–Crippen LogP) is 1.26. The summed E-state index contributed by atoms with van der Waals surface area (Å²) in [6.45, 7) is 1.67. The van der Waals surface area contributed by atoms with Crippen LogP contribution in [0.1, 0.15) is 16.2 Å². The number of methoxy groups -OCH3 is 1. The van der Waals surface area contributed by atoms with E-state index in [4.69, 9.17) is 15.0 Å². The van der Waals surface area contributed by atoms with Crippen LogP contribution in [0, 0.1) is 6.92 Å². The van der Waals surface area contributed by atoms with Gasteiger partial charge in [0.15, 0.2) is 0 Å². The first kappa shape index (κ1) is 12.1. The molecule has 2 aromatic rings. The van der Waals surface area contributed by atoms with Gasteiger partial charge in [-0.3, -0.25) is 10.2 Å². The van der Waals surface area contributed by atoms with Gasteiger partial charge in [0.2, 0.25) is 11.7 Å². The third-order valence-electron chi connectivity index (χ3n) is 2.47. The number of ether oxygens (including phenoxy) is 1. The summed E-state index contributed by atoms with van der Waals surface area (Å²) in [5, 5.41) is 0. The average Bonchev–Trinajstić information content (AvgIpc) is 2.79. The van der Waals surface area contributed by atoms with Gasteiger partial charge in [-0.15, -0.1) is 0 Å². The highest BCUT2D eigenvalue weighted by molar-refractivity contribution is 5.92. The van der Waals surface area contributed by atoms with E-state index in [0.29, 0.717) is 22.9 Å². The van der Waals surface area contributed by atoms with E-state index in [1.54, 1.807) is 26.2 Å². The van der Waals surface area contributed by atoms with Crippen molar-refractivity contribution in [3.05, 3.63) is 35.7 Å². The number of rotatable bonds is 3. The fourth-order valence-electron chi connectivity index (χ4n) is 1.61. The number of nitrogen functional groups attached to an aromatic ring is 1. The highest BCUT2D eigenvalue weighted by Gasteiger charge is 2.19. The van der Waals surface area contributed by atoms with Crippen LogP contribution in [0.25, 0.3) is 11.5 Å². The van der Waals surface area contributed by atoms with Crippen molar-refractivity contribution in [2.75, 3.05) is 7.11 Å². The van der Waals surface area contributed by atoms with Crippen LogP contribution in [0.5, 0.6) is 5.75 Å². The third-order valence-corrected chi connectivity index (χ3v) is 2.47. The average molecular weight is 247 g/mol. The summed E-state index contributed by atoms with van der Waals surface area (Å²) in [5.41, 5.74) is 3.16. The van der Waals surface area contributed by atoms with Crippen molar-refractivity contribution < 1.29 is 13.9 Å². The zero-order valence-electron chi connectivity index (χ0n) is 10.1. The molecule has 6 nitrogen and oxygen atoms in total. The van der Waals surface area contributed by atoms with Crippen LogP contribution in [-0.2, 0) is 0 Å². The van der Waals surface area contributed by atoms with Crippen LogP contribution in [0.3, 0.4) is 0 Å². The van der Waals surface area contributed by atoms with Crippen molar-refractivity contribution in [1.82, 2.24) is 10.4 Å². The Morgan fingerprint density at radius 1 is 1.44 bits per heavy atom. The van der Waals surface area contributed by atoms with E-state index in [1.807, 2.05) is 17.6 Å². The Balaban J connectivity index is 2.49. The number of hydrogen-bond acceptors (Lipinski definition) is 5. The summed E-state index contributed by atoms with van der Waals surface area (Å²) in [4.78, 5) is 15.6. The van der Waals surface area contributed by atoms with Gasteiger partial charge in [-0.25, -0.2) is 10.8 Å². The number of amides is 1. The molecule has 2 rings (SSSR count). The lowest BCUT2D eigenvalue weighted by molar-refractivity contribution is 0.0926. The number of carbonyl (C=O) groups is 1. The minimum absolute atomic E-state index is 0.0957. The second kappa shape index (κ2) is 4.89. The van der Waals surface area contributed by atoms with Crippen LogP contribution in [0.4, 0.5) is 0 Å². The number of nitrogens with two attached hydrogens (primary N) is 1. The van der Waals surface area contributed by atoms with Crippen LogP contribution < -0.4 is 16.0 Å². The van der Waals surface area contributed by atoms with Crippen LogP contribution in [0.2, 0.25) is 0 Å². The maximum absolute atomic E-state index is 11.4. The van der Waals surface area contributed by atoms with Gasteiger partial charge in [0.1, 0.15) is 5.75 Å². The van der Waals surface area contributed by atoms with Gasteiger partial charge in [-0.1, -0.05) is 12.1 Å². The van der Waals surface area contributed by atoms with E-state index in [0.717, 1.165) is 0 Å². The fourth-order valence-corrected chi connectivity index (χ4v) is 1.61. The molecule has 0 atom stereocenters. The number of oxazole rings is 1. The van der Waals surface area contributed by atoms with Gasteiger partial charge >= 0.3 is 5.91 Å². The summed E-state index contributed by atoms with van der Waals surface area (Å²) >= 11 is 0. The lowest BCUT2D eigenvalue weighted by atomic mass is 10.2. The molecule has 1 amide bonds. The molecule has 94 valence electrons. The number of nitrogens with one attached hydrogen (secondary N) is 1. The van der Waals surface area contributed by atoms with Gasteiger partial charge in [0, 0.05) is 0 Å². The first-order valence-corrected chi connectivity index (χ1v) is 5.29. The molecule has 1 aromatic carbocycles. The van der Waals surface area contributed by atoms with Crippen LogP contribution in [-0.4, -0.2) is 18.0 Å². The molecule has 3 N–H and O–H groups in total. The van der Waals surface area contributed by atoms with Crippen molar-refractivity contribution in [2.45, 2.75) is 6.92 Å². The number of aromatic nitrogens is 1. The molecule has 0 saturated heterocycles. The third kappa shape index (κ3) is 2.05. The van der Waals surface area contributed by atoms with Gasteiger partial charge in [-0.05, 0) is 19.1 Å². The molecule has 0 saturated carbocycles. The highest BCUT2D eigenvalue weighted by atomic mass is 16.5. The number of nitrogens with zero attached hydrogens (tertiary/aromatic N) is 1. The van der Waals surface area contributed by atoms with Crippen molar-refractivity contribution in [3.8, 4) is 17.2 Å². The molecule has 1 heterocycles. The molecule has 0 aliphatic carbocycles. The molecule has 0 radical (unpaired) electrons. The number of hydrogen-bond donors (Lipinski definition) is 2.